The molecule has 4 aromatic rings. The van der Waals surface area contributed by atoms with E-state index in [2.05, 4.69) is 4.72 Å². The number of fused-ring (bicyclic) bond motifs is 1. The Labute approximate surface area is 187 Å². The highest BCUT2D eigenvalue weighted by Crippen LogP contribution is 2.36. The van der Waals surface area contributed by atoms with Crippen molar-refractivity contribution < 1.29 is 21.6 Å². The summed E-state index contributed by atoms with van der Waals surface area (Å²) in [7, 11) is -7.44. The third-order valence-corrected chi connectivity index (χ3v) is 7.15. The van der Waals surface area contributed by atoms with Crippen LogP contribution in [0.25, 0.3) is 10.9 Å². The van der Waals surface area contributed by atoms with Crippen LogP contribution in [0.15, 0.2) is 83.9 Å². The number of hydrogen-bond donors (Lipinski definition) is 1. The highest BCUT2D eigenvalue weighted by atomic mass is 32.2. The SMILES string of the molecule is Cc1cn(S(=O)(=O)c2ccccc2)c2c(OCc3ccccc3)cc(NS(C)(=O)=O)cc12. The monoisotopic (exact) mass is 470 g/mol. The van der Waals surface area contributed by atoms with Gasteiger partial charge < -0.3 is 4.74 Å². The predicted octanol–water partition coefficient (Wildman–Crippen LogP) is 4.14. The Morgan fingerprint density at radius 1 is 0.906 bits per heavy atom. The number of nitrogens with zero attached hydrogens (tertiary/aromatic N) is 1. The fourth-order valence-electron chi connectivity index (χ4n) is 3.46. The van der Waals surface area contributed by atoms with Crippen LogP contribution in [-0.4, -0.2) is 27.1 Å². The van der Waals surface area contributed by atoms with Crippen molar-refractivity contribution in [1.29, 1.82) is 0 Å². The van der Waals surface area contributed by atoms with Gasteiger partial charge in [0.2, 0.25) is 10.0 Å². The maximum atomic E-state index is 13.4. The van der Waals surface area contributed by atoms with Gasteiger partial charge in [-0.25, -0.2) is 20.8 Å². The van der Waals surface area contributed by atoms with Crippen molar-refractivity contribution in [3.05, 3.63) is 90.1 Å². The molecule has 0 aliphatic rings. The van der Waals surface area contributed by atoms with E-state index in [4.69, 9.17) is 4.74 Å². The number of ether oxygens (including phenoxy) is 1. The molecule has 0 spiro atoms. The van der Waals surface area contributed by atoms with E-state index in [1.165, 1.54) is 28.4 Å². The summed E-state index contributed by atoms with van der Waals surface area (Å²) < 4.78 is 60.1. The van der Waals surface area contributed by atoms with E-state index in [0.717, 1.165) is 11.8 Å². The minimum absolute atomic E-state index is 0.143. The van der Waals surface area contributed by atoms with E-state index in [1.807, 2.05) is 30.3 Å². The number of hydrogen-bond acceptors (Lipinski definition) is 5. The molecule has 0 aliphatic heterocycles. The number of rotatable bonds is 7. The molecule has 1 N–H and O–H groups in total. The average Bonchev–Trinajstić information content (AvgIpc) is 3.10. The highest BCUT2D eigenvalue weighted by Gasteiger charge is 2.24. The van der Waals surface area contributed by atoms with Crippen LogP contribution in [-0.2, 0) is 26.7 Å². The second kappa shape index (κ2) is 8.33. The molecular weight excluding hydrogens is 448 g/mol. The Kier molecular flexibility index (Phi) is 5.70. The molecule has 32 heavy (non-hydrogen) atoms. The number of sulfonamides is 1. The Balaban J connectivity index is 1.91. The quantitative estimate of drug-likeness (QED) is 0.438. The van der Waals surface area contributed by atoms with Gasteiger partial charge in [-0.15, -0.1) is 0 Å². The number of benzene rings is 3. The maximum Gasteiger partial charge on any atom is 0.268 e. The number of nitrogens with one attached hydrogen (secondary N) is 1. The van der Waals surface area contributed by atoms with E-state index in [9.17, 15) is 16.8 Å². The number of aromatic nitrogens is 1. The second-order valence-corrected chi connectivity index (χ2v) is 11.0. The smallest absolute Gasteiger partial charge is 0.268 e. The van der Waals surface area contributed by atoms with E-state index in [1.54, 1.807) is 31.2 Å². The van der Waals surface area contributed by atoms with Crippen LogP contribution in [0.5, 0.6) is 5.75 Å². The van der Waals surface area contributed by atoms with Crippen LogP contribution in [0, 0.1) is 6.92 Å². The van der Waals surface area contributed by atoms with Gasteiger partial charge in [0.15, 0.2) is 0 Å². The fourth-order valence-corrected chi connectivity index (χ4v) is 5.46. The summed E-state index contributed by atoms with van der Waals surface area (Å²) in [5, 5.41) is 0.571. The molecule has 1 heterocycles. The molecular formula is C23H22N2O5S2. The summed E-state index contributed by atoms with van der Waals surface area (Å²) in [6, 6.07) is 20.7. The third kappa shape index (κ3) is 4.49. The van der Waals surface area contributed by atoms with Gasteiger partial charge in [-0.05, 0) is 36.2 Å². The predicted molar refractivity (Wildman–Crippen MR) is 125 cm³/mol. The van der Waals surface area contributed by atoms with E-state index >= 15 is 0 Å². The van der Waals surface area contributed by atoms with E-state index < -0.39 is 20.0 Å². The van der Waals surface area contributed by atoms with Gasteiger partial charge in [-0.2, -0.15) is 0 Å². The normalized spacial score (nSPS) is 12.1. The van der Waals surface area contributed by atoms with Crippen LogP contribution in [0.3, 0.4) is 0 Å². The van der Waals surface area contributed by atoms with Crippen molar-refractivity contribution in [3.8, 4) is 5.75 Å². The third-order valence-electron chi connectivity index (χ3n) is 4.87. The Bertz CT molecular complexity index is 1480. The molecule has 166 valence electrons. The van der Waals surface area contributed by atoms with Crippen molar-refractivity contribution in [1.82, 2.24) is 3.97 Å². The van der Waals surface area contributed by atoms with Crippen molar-refractivity contribution in [2.45, 2.75) is 18.4 Å². The fraction of sp³-hybridized carbons (Fsp3) is 0.130. The standard InChI is InChI=1S/C23H22N2O5S2/c1-17-15-25(32(28,29)20-11-7-4-8-12-20)23-21(17)13-19(24-31(2,26)27)14-22(23)30-16-18-9-5-3-6-10-18/h3-15,24H,16H2,1-2H3. The summed E-state index contributed by atoms with van der Waals surface area (Å²) in [6.07, 6.45) is 2.58. The summed E-state index contributed by atoms with van der Waals surface area (Å²) in [5.74, 6) is 0.255. The Hall–Kier alpha value is -3.30. The maximum absolute atomic E-state index is 13.4. The first-order valence-electron chi connectivity index (χ1n) is 9.76. The first kappa shape index (κ1) is 21.9. The van der Waals surface area contributed by atoms with Gasteiger partial charge in [0.25, 0.3) is 10.0 Å². The molecule has 3 aromatic carbocycles. The largest absolute Gasteiger partial charge is 0.487 e. The van der Waals surface area contributed by atoms with Gasteiger partial charge in [-0.1, -0.05) is 48.5 Å². The van der Waals surface area contributed by atoms with Crippen LogP contribution in [0.1, 0.15) is 11.1 Å². The van der Waals surface area contributed by atoms with Crippen LogP contribution < -0.4 is 9.46 Å². The molecule has 0 atom stereocenters. The Morgan fingerprint density at radius 3 is 2.16 bits per heavy atom. The lowest BCUT2D eigenvalue weighted by Gasteiger charge is -2.14. The lowest BCUT2D eigenvalue weighted by molar-refractivity contribution is 0.309. The number of aryl methyl sites for hydroxylation is 1. The molecule has 0 unspecified atom stereocenters. The number of anilines is 1. The summed E-state index contributed by atoms with van der Waals surface area (Å²) >= 11 is 0. The van der Waals surface area contributed by atoms with Crippen molar-refractivity contribution in [3.63, 3.8) is 0 Å². The molecule has 0 amide bonds. The molecule has 0 aliphatic carbocycles. The lowest BCUT2D eigenvalue weighted by Crippen LogP contribution is -2.13. The molecule has 7 nitrogen and oxygen atoms in total. The van der Waals surface area contributed by atoms with Crippen molar-refractivity contribution in [2.75, 3.05) is 11.0 Å². The van der Waals surface area contributed by atoms with Crippen molar-refractivity contribution in [2.24, 2.45) is 0 Å². The first-order valence-corrected chi connectivity index (χ1v) is 13.1. The first-order chi connectivity index (χ1) is 15.1. The second-order valence-electron chi connectivity index (χ2n) is 7.45. The summed E-state index contributed by atoms with van der Waals surface area (Å²) in [4.78, 5) is 0.143. The van der Waals surface area contributed by atoms with Crippen LogP contribution >= 0.6 is 0 Å². The Morgan fingerprint density at radius 2 is 1.53 bits per heavy atom. The zero-order valence-electron chi connectivity index (χ0n) is 17.5. The van der Waals surface area contributed by atoms with Crippen LogP contribution in [0.4, 0.5) is 5.69 Å². The molecule has 0 saturated heterocycles. The van der Waals surface area contributed by atoms with E-state index in [-0.39, 0.29) is 17.3 Å². The zero-order chi connectivity index (χ0) is 22.9. The van der Waals surface area contributed by atoms with Gasteiger partial charge in [0.05, 0.1) is 16.8 Å². The molecule has 4 rings (SSSR count). The minimum Gasteiger partial charge on any atom is -0.487 e. The van der Waals surface area contributed by atoms with Crippen molar-refractivity contribution >= 4 is 36.6 Å². The zero-order valence-corrected chi connectivity index (χ0v) is 19.2. The van der Waals surface area contributed by atoms with Gasteiger partial charge >= 0.3 is 0 Å². The lowest BCUT2D eigenvalue weighted by atomic mass is 10.1. The van der Waals surface area contributed by atoms with E-state index in [0.29, 0.717) is 22.2 Å². The van der Waals surface area contributed by atoms with Gasteiger partial charge in [0, 0.05) is 17.6 Å². The summed E-state index contributed by atoms with van der Waals surface area (Å²) in [5.41, 5.74) is 2.20. The molecule has 0 bridgehead atoms. The topological polar surface area (TPSA) is 94.5 Å². The molecule has 9 heteroatoms. The minimum atomic E-state index is -3.90. The highest BCUT2D eigenvalue weighted by molar-refractivity contribution is 7.92. The average molecular weight is 471 g/mol. The van der Waals surface area contributed by atoms with Crippen LogP contribution in [0.2, 0.25) is 0 Å². The molecule has 1 aromatic heterocycles. The summed E-state index contributed by atoms with van der Waals surface area (Å²) in [6.45, 7) is 1.96. The van der Waals surface area contributed by atoms with Gasteiger partial charge in [0.1, 0.15) is 17.9 Å². The molecule has 0 fully saturated rings. The molecule has 0 radical (unpaired) electrons. The van der Waals surface area contributed by atoms with Gasteiger partial charge in [-0.3, -0.25) is 4.72 Å². The molecule has 0 saturated carbocycles.